The standard InChI is InChI=1S/C17H20BrFN2/c1-12(20-2)14-8-6-10-16(19)17(14)21(3)11-13-7-4-5-9-15(13)18/h4-10,12,20H,11H2,1-3H3. The van der Waals surface area contributed by atoms with Crippen LogP contribution in [0.15, 0.2) is 46.9 Å². The molecule has 1 atom stereocenters. The van der Waals surface area contributed by atoms with Crippen molar-refractivity contribution in [3.05, 3.63) is 63.9 Å². The molecule has 2 aromatic carbocycles. The summed E-state index contributed by atoms with van der Waals surface area (Å²) in [6.45, 7) is 2.68. The molecule has 0 bridgehead atoms. The average Bonchev–Trinajstić information content (AvgIpc) is 2.48. The third-order valence-electron chi connectivity index (χ3n) is 3.66. The highest BCUT2D eigenvalue weighted by Gasteiger charge is 2.17. The van der Waals surface area contributed by atoms with Crippen molar-refractivity contribution in [3.8, 4) is 0 Å². The number of hydrogen-bond acceptors (Lipinski definition) is 2. The van der Waals surface area contributed by atoms with Gasteiger partial charge in [-0.1, -0.05) is 46.3 Å². The SMILES string of the molecule is CNC(C)c1cccc(F)c1N(C)Cc1ccccc1Br. The zero-order valence-electron chi connectivity index (χ0n) is 12.5. The second-order valence-electron chi connectivity index (χ2n) is 5.14. The summed E-state index contributed by atoms with van der Waals surface area (Å²) in [5.41, 5.74) is 2.74. The highest BCUT2D eigenvalue weighted by Crippen LogP contribution is 2.30. The minimum atomic E-state index is -0.191. The molecule has 0 aliphatic rings. The molecule has 0 saturated heterocycles. The Hall–Kier alpha value is -1.39. The summed E-state index contributed by atoms with van der Waals surface area (Å²) in [6.07, 6.45) is 0. The fraction of sp³-hybridized carbons (Fsp3) is 0.294. The van der Waals surface area contributed by atoms with Crippen LogP contribution >= 0.6 is 15.9 Å². The fourth-order valence-corrected chi connectivity index (χ4v) is 2.81. The lowest BCUT2D eigenvalue weighted by molar-refractivity contribution is 0.602. The van der Waals surface area contributed by atoms with E-state index < -0.39 is 0 Å². The maximum Gasteiger partial charge on any atom is 0.146 e. The van der Waals surface area contributed by atoms with Gasteiger partial charge in [-0.15, -0.1) is 0 Å². The molecule has 0 amide bonds. The number of nitrogens with one attached hydrogen (secondary N) is 1. The van der Waals surface area contributed by atoms with Gasteiger partial charge >= 0.3 is 0 Å². The molecule has 2 rings (SSSR count). The number of anilines is 1. The van der Waals surface area contributed by atoms with E-state index in [0.29, 0.717) is 12.2 Å². The van der Waals surface area contributed by atoms with Crippen molar-refractivity contribution in [1.29, 1.82) is 0 Å². The Bertz CT molecular complexity index is 615. The van der Waals surface area contributed by atoms with Crippen LogP contribution in [-0.2, 0) is 6.54 Å². The number of nitrogens with zero attached hydrogens (tertiary/aromatic N) is 1. The monoisotopic (exact) mass is 350 g/mol. The van der Waals surface area contributed by atoms with Gasteiger partial charge in [0.15, 0.2) is 0 Å². The first-order valence-electron chi connectivity index (χ1n) is 6.94. The molecule has 0 aliphatic heterocycles. The van der Waals surface area contributed by atoms with E-state index in [0.717, 1.165) is 15.6 Å². The molecule has 0 aliphatic carbocycles. The molecule has 2 nitrogen and oxygen atoms in total. The quantitative estimate of drug-likeness (QED) is 0.853. The normalized spacial score (nSPS) is 12.2. The van der Waals surface area contributed by atoms with E-state index in [1.807, 2.05) is 56.3 Å². The van der Waals surface area contributed by atoms with Gasteiger partial charge in [-0.2, -0.15) is 0 Å². The van der Waals surface area contributed by atoms with Crippen molar-refractivity contribution in [1.82, 2.24) is 5.32 Å². The van der Waals surface area contributed by atoms with E-state index in [1.165, 1.54) is 6.07 Å². The molecule has 0 spiro atoms. The van der Waals surface area contributed by atoms with E-state index in [2.05, 4.69) is 21.2 Å². The van der Waals surface area contributed by atoms with Crippen LogP contribution in [0.1, 0.15) is 24.1 Å². The smallest absolute Gasteiger partial charge is 0.146 e. The minimum Gasteiger partial charge on any atom is -0.368 e. The topological polar surface area (TPSA) is 15.3 Å². The van der Waals surface area contributed by atoms with Gasteiger partial charge in [-0.05, 0) is 37.2 Å². The third-order valence-corrected chi connectivity index (χ3v) is 4.44. The van der Waals surface area contributed by atoms with E-state index in [-0.39, 0.29) is 11.9 Å². The summed E-state index contributed by atoms with van der Waals surface area (Å²) in [4.78, 5) is 1.96. The second kappa shape index (κ2) is 7.05. The zero-order chi connectivity index (χ0) is 15.4. The molecule has 0 radical (unpaired) electrons. The van der Waals surface area contributed by atoms with E-state index in [9.17, 15) is 4.39 Å². The van der Waals surface area contributed by atoms with Crippen LogP contribution in [-0.4, -0.2) is 14.1 Å². The molecule has 112 valence electrons. The minimum absolute atomic E-state index is 0.0948. The van der Waals surface area contributed by atoms with Crippen molar-refractivity contribution < 1.29 is 4.39 Å². The first kappa shape index (κ1) is 16.0. The number of hydrogen-bond donors (Lipinski definition) is 1. The van der Waals surface area contributed by atoms with Crippen LogP contribution in [0.3, 0.4) is 0 Å². The summed E-state index contributed by atoms with van der Waals surface area (Å²) in [5.74, 6) is -0.191. The molecule has 0 fully saturated rings. The van der Waals surface area contributed by atoms with E-state index in [1.54, 1.807) is 6.07 Å². The largest absolute Gasteiger partial charge is 0.368 e. The van der Waals surface area contributed by atoms with Crippen molar-refractivity contribution in [2.75, 3.05) is 19.0 Å². The Balaban J connectivity index is 2.35. The molecule has 0 aromatic heterocycles. The molecule has 1 unspecified atom stereocenters. The van der Waals surface area contributed by atoms with Crippen LogP contribution in [0.2, 0.25) is 0 Å². The predicted octanol–water partition coefficient (Wildman–Crippen LogP) is 4.51. The number of para-hydroxylation sites is 1. The lowest BCUT2D eigenvalue weighted by Gasteiger charge is -2.26. The van der Waals surface area contributed by atoms with E-state index >= 15 is 0 Å². The van der Waals surface area contributed by atoms with Crippen molar-refractivity contribution in [2.24, 2.45) is 0 Å². The van der Waals surface area contributed by atoms with Crippen molar-refractivity contribution in [3.63, 3.8) is 0 Å². The van der Waals surface area contributed by atoms with Gasteiger partial charge in [0.25, 0.3) is 0 Å². The summed E-state index contributed by atoms with van der Waals surface area (Å²) in [7, 11) is 3.80. The molecular formula is C17H20BrFN2. The van der Waals surface area contributed by atoms with Crippen LogP contribution in [0.25, 0.3) is 0 Å². The number of benzene rings is 2. The van der Waals surface area contributed by atoms with Gasteiger partial charge in [0.1, 0.15) is 5.82 Å². The molecular weight excluding hydrogens is 331 g/mol. The predicted molar refractivity (Wildman–Crippen MR) is 90.1 cm³/mol. The summed E-state index contributed by atoms with van der Waals surface area (Å²) < 4.78 is 15.4. The number of halogens is 2. The van der Waals surface area contributed by atoms with Crippen molar-refractivity contribution >= 4 is 21.6 Å². The number of rotatable bonds is 5. The summed E-state index contributed by atoms with van der Waals surface area (Å²) in [5, 5.41) is 3.18. The van der Waals surface area contributed by atoms with Crippen LogP contribution in [0.4, 0.5) is 10.1 Å². The van der Waals surface area contributed by atoms with E-state index in [4.69, 9.17) is 0 Å². The molecule has 2 aromatic rings. The Morgan fingerprint density at radius 3 is 2.57 bits per heavy atom. The van der Waals surface area contributed by atoms with Gasteiger partial charge in [0.2, 0.25) is 0 Å². The highest BCUT2D eigenvalue weighted by atomic mass is 79.9. The molecule has 0 saturated carbocycles. The zero-order valence-corrected chi connectivity index (χ0v) is 14.1. The first-order chi connectivity index (χ1) is 10.0. The van der Waals surface area contributed by atoms with Gasteiger partial charge in [0, 0.05) is 24.1 Å². The van der Waals surface area contributed by atoms with Gasteiger partial charge in [-0.3, -0.25) is 0 Å². The highest BCUT2D eigenvalue weighted by molar-refractivity contribution is 9.10. The summed E-state index contributed by atoms with van der Waals surface area (Å²) >= 11 is 3.54. The van der Waals surface area contributed by atoms with Gasteiger partial charge in [0.05, 0.1) is 5.69 Å². The van der Waals surface area contributed by atoms with Gasteiger partial charge in [-0.25, -0.2) is 4.39 Å². The lowest BCUT2D eigenvalue weighted by Crippen LogP contribution is -2.23. The molecule has 1 N–H and O–H groups in total. The molecule has 4 heteroatoms. The van der Waals surface area contributed by atoms with Crippen LogP contribution in [0, 0.1) is 5.82 Å². The van der Waals surface area contributed by atoms with Crippen LogP contribution in [0.5, 0.6) is 0 Å². The Labute approximate surface area is 134 Å². The lowest BCUT2D eigenvalue weighted by atomic mass is 10.0. The van der Waals surface area contributed by atoms with Crippen LogP contribution < -0.4 is 10.2 Å². The fourth-order valence-electron chi connectivity index (χ4n) is 2.40. The van der Waals surface area contributed by atoms with Gasteiger partial charge < -0.3 is 10.2 Å². The maximum absolute atomic E-state index is 14.3. The Morgan fingerprint density at radius 2 is 1.90 bits per heavy atom. The molecule has 21 heavy (non-hydrogen) atoms. The third kappa shape index (κ3) is 3.63. The second-order valence-corrected chi connectivity index (χ2v) is 5.99. The Morgan fingerprint density at radius 1 is 1.19 bits per heavy atom. The maximum atomic E-state index is 14.3. The Kier molecular flexibility index (Phi) is 5.37. The average molecular weight is 351 g/mol. The first-order valence-corrected chi connectivity index (χ1v) is 7.74. The molecule has 0 heterocycles. The van der Waals surface area contributed by atoms with Crippen molar-refractivity contribution in [2.45, 2.75) is 19.5 Å². The summed E-state index contributed by atoms with van der Waals surface area (Å²) in [6, 6.07) is 13.3.